The van der Waals surface area contributed by atoms with Crippen LogP contribution in [-0.4, -0.2) is 29.1 Å². The van der Waals surface area contributed by atoms with Gasteiger partial charge in [-0.05, 0) is 57.2 Å². The van der Waals surface area contributed by atoms with Gasteiger partial charge in [0, 0.05) is 16.5 Å². The van der Waals surface area contributed by atoms with Crippen LogP contribution in [0.1, 0.15) is 56.2 Å². The maximum absolute atomic E-state index is 12.4. The Morgan fingerprint density at radius 1 is 1.28 bits per heavy atom. The Morgan fingerprint density at radius 3 is 2.69 bits per heavy atom. The highest BCUT2D eigenvalue weighted by atomic mass is 16.5. The van der Waals surface area contributed by atoms with Gasteiger partial charge < -0.3 is 19.6 Å². The van der Waals surface area contributed by atoms with E-state index in [1.807, 2.05) is 13.0 Å². The van der Waals surface area contributed by atoms with Crippen molar-refractivity contribution >= 4 is 22.8 Å². The molecule has 2 aromatic rings. The molecule has 1 amide bonds. The van der Waals surface area contributed by atoms with Crippen LogP contribution < -0.4 is 15.7 Å². The van der Waals surface area contributed by atoms with E-state index in [0.29, 0.717) is 29.7 Å². The van der Waals surface area contributed by atoms with Crippen LogP contribution in [0.15, 0.2) is 21.3 Å². The van der Waals surface area contributed by atoms with Gasteiger partial charge in [0.05, 0.1) is 0 Å². The van der Waals surface area contributed by atoms with E-state index in [1.165, 1.54) is 0 Å². The predicted molar refractivity (Wildman–Crippen MR) is 108 cm³/mol. The lowest BCUT2D eigenvalue weighted by Crippen LogP contribution is -2.46. The van der Waals surface area contributed by atoms with Crippen LogP contribution in [0.2, 0.25) is 0 Å². The molecule has 0 radical (unpaired) electrons. The van der Waals surface area contributed by atoms with E-state index < -0.39 is 24.0 Å². The molecule has 2 unspecified atom stereocenters. The van der Waals surface area contributed by atoms with Crippen molar-refractivity contribution < 1.29 is 23.8 Å². The van der Waals surface area contributed by atoms with Crippen LogP contribution in [0, 0.1) is 6.92 Å². The minimum absolute atomic E-state index is 0.309. The van der Waals surface area contributed by atoms with E-state index in [0.717, 1.165) is 42.2 Å². The zero-order chi connectivity index (χ0) is 21.1. The van der Waals surface area contributed by atoms with Gasteiger partial charge in [-0.1, -0.05) is 19.8 Å². The summed E-state index contributed by atoms with van der Waals surface area (Å²) in [6.07, 6.45) is 3.56. The van der Waals surface area contributed by atoms with Crippen molar-refractivity contribution in [1.82, 2.24) is 5.32 Å². The zero-order valence-corrected chi connectivity index (χ0v) is 17.0. The number of ether oxygens (including phenoxy) is 1. The maximum Gasteiger partial charge on any atom is 0.339 e. The lowest BCUT2D eigenvalue weighted by atomic mass is 10.0. The first kappa shape index (κ1) is 20.9. The van der Waals surface area contributed by atoms with E-state index in [2.05, 4.69) is 5.32 Å². The van der Waals surface area contributed by atoms with Crippen molar-refractivity contribution in [2.75, 3.05) is 0 Å². The molecule has 2 atom stereocenters. The molecule has 29 heavy (non-hydrogen) atoms. The molecular weight excluding hydrogens is 374 g/mol. The second-order valence-electron chi connectivity index (χ2n) is 7.57. The Morgan fingerprint density at radius 2 is 2.00 bits per heavy atom. The molecule has 0 aliphatic heterocycles. The Bertz CT molecular complexity index is 993. The molecule has 1 aromatic heterocycles. The molecule has 0 saturated carbocycles. The number of fused-ring (bicyclic) bond motifs is 3. The van der Waals surface area contributed by atoms with Crippen molar-refractivity contribution in [3.05, 3.63) is 39.2 Å². The first-order valence-corrected chi connectivity index (χ1v) is 10.1. The number of rotatable bonds is 8. The number of carbonyl (C=O) groups excluding carboxylic acids is 1. The molecule has 1 aliphatic rings. The standard InChI is InChI=1S/C22H27NO6/c1-4-5-9-17(21(25)26)23-20(24)13(3)28-18-11-10-15-14-7-6-8-16(14)22(27)29-19(15)12(18)2/h10-11,13,17H,4-9H2,1-3H3,(H,23,24)(H,25,26). The number of nitrogens with one attached hydrogen (secondary N) is 1. The first-order chi connectivity index (χ1) is 13.8. The fourth-order valence-electron chi connectivity index (χ4n) is 3.79. The molecule has 3 rings (SSSR count). The highest BCUT2D eigenvalue weighted by Crippen LogP contribution is 2.33. The number of hydrogen-bond acceptors (Lipinski definition) is 5. The summed E-state index contributed by atoms with van der Waals surface area (Å²) in [7, 11) is 0. The summed E-state index contributed by atoms with van der Waals surface area (Å²) in [5.74, 6) is -1.12. The second-order valence-corrected chi connectivity index (χ2v) is 7.57. The summed E-state index contributed by atoms with van der Waals surface area (Å²) in [6.45, 7) is 5.31. The van der Waals surface area contributed by atoms with Gasteiger partial charge in [0.15, 0.2) is 6.10 Å². The Kier molecular flexibility index (Phi) is 6.25. The van der Waals surface area contributed by atoms with E-state index in [4.69, 9.17) is 9.15 Å². The Labute approximate surface area is 169 Å². The largest absolute Gasteiger partial charge is 0.480 e. The number of hydrogen-bond donors (Lipinski definition) is 2. The van der Waals surface area contributed by atoms with Gasteiger partial charge in [0.25, 0.3) is 5.91 Å². The number of carboxylic acids is 1. The van der Waals surface area contributed by atoms with Crippen LogP contribution >= 0.6 is 0 Å². The summed E-state index contributed by atoms with van der Waals surface area (Å²) in [5.41, 5.74) is 2.61. The summed E-state index contributed by atoms with van der Waals surface area (Å²) in [4.78, 5) is 36.0. The third-order valence-corrected chi connectivity index (χ3v) is 5.47. The van der Waals surface area contributed by atoms with Crippen molar-refractivity contribution in [3.63, 3.8) is 0 Å². The number of carboxylic acid groups (broad SMARTS) is 1. The molecule has 0 bridgehead atoms. The van der Waals surface area contributed by atoms with Gasteiger partial charge in [-0.2, -0.15) is 0 Å². The smallest absolute Gasteiger partial charge is 0.339 e. The lowest BCUT2D eigenvalue weighted by Gasteiger charge is -2.20. The minimum atomic E-state index is -1.06. The average Bonchev–Trinajstić information content (AvgIpc) is 3.18. The van der Waals surface area contributed by atoms with Crippen LogP contribution in [0.4, 0.5) is 0 Å². The quantitative estimate of drug-likeness (QED) is 0.659. The van der Waals surface area contributed by atoms with Gasteiger partial charge in [-0.25, -0.2) is 9.59 Å². The van der Waals surface area contributed by atoms with Crippen molar-refractivity contribution in [1.29, 1.82) is 0 Å². The third-order valence-electron chi connectivity index (χ3n) is 5.47. The molecule has 0 saturated heterocycles. The molecule has 156 valence electrons. The van der Waals surface area contributed by atoms with E-state index in [-0.39, 0.29) is 5.63 Å². The molecule has 1 heterocycles. The van der Waals surface area contributed by atoms with E-state index >= 15 is 0 Å². The summed E-state index contributed by atoms with van der Waals surface area (Å²) < 4.78 is 11.3. The summed E-state index contributed by atoms with van der Waals surface area (Å²) in [5, 5.41) is 12.7. The van der Waals surface area contributed by atoms with Crippen LogP contribution in [0.5, 0.6) is 5.75 Å². The molecule has 2 N–H and O–H groups in total. The topological polar surface area (TPSA) is 106 Å². The predicted octanol–water partition coefficient (Wildman–Crippen LogP) is 3.12. The molecule has 7 nitrogen and oxygen atoms in total. The number of benzene rings is 1. The number of aliphatic carboxylic acids is 1. The highest BCUT2D eigenvalue weighted by Gasteiger charge is 2.25. The van der Waals surface area contributed by atoms with Crippen LogP contribution in [0.25, 0.3) is 11.0 Å². The van der Waals surface area contributed by atoms with Gasteiger partial charge in [0.2, 0.25) is 0 Å². The minimum Gasteiger partial charge on any atom is -0.480 e. The molecule has 1 aromatic carbocycles. The molecule has 0 spiro atoms. The third kappa shape index (κ3) is 4.28. The van der Waals surface area contributed by atoms with Crippen molar-refractivity contribution in [3.8, 4) is 5.75 Å². The number of aryl methyl sites for hydroxylation is 2. The van der Waals surface area contributed by atoms with Crippen molar-refractivity contribution in [2.24, 2.45) is 0 Å². The van der Waals surface area contributed by atoms with Gasteiger partial charge in [0.1, 0.15) is 17.4 Å². The Hall–Kier alpha value is -2.83. The monoisotopic (exact) mass is 401 g/mol. The summed E-state index contributed by atoms with van der Waals surface area (Å²) in [6, 6.07) is 2.69. The Balaban J connectivity index is 1.80. The van der Waals surface area contributed by atoms with Gasteiger partial charge in [-0.15, -0.1) is 0 Å². The fraction of sp³-hybridized carbons (Fsp3) is 0.500. The fourth-order valence-corrected chi connectivity index (χ4v) is 3.79. The van der Waals surface area contributed by atoms with Crippen LogP contribution in [-0.2, 0) is 22.4 Å². The summed E-state index contributed by atoms with van der Waals surface area (Å²) >= 11 is 0. The van der Waals surface area contributed by atoms with E-state index in [1.54, 1.807) is 19.9 Å². The zero-order valence-electron chi connectivity index (χ0n) is 17.0. The van der Waals surface area contributed by atoms with E-state index in [9.17, 15) is 19.5 Å². The average molecular weight is 401 g/mol. The first-order valence-electron chi connectivity index (χ1n) is 10.1. The highest BCUT2D eigenvalue weighted by molar-refractivity contribution is 5.88. The van der Waals surface area contributed by atoms with Gasteiger partial charge in [-0.3, -0.25) is 4.79 Å². The van der Waals surface area contributed by atoms with Crippen molar-refractivity contribution in [2.45, 2.75) is 71.4 Å². The molecular formula is C22H27NO6. The molecule has 7 heteroatoms. The second kappa shape index (κ2) is 8.68. The number of amides is 1. The molecule has 1 aliphatic carbocycles. The van der Waals surface area contributed by atoms with Gasteiger partial charge >= 0.3 is 11.6 Å². The molecule has 0 fully saturated rings. The lowest BCUT2D eigenvalue weighted by molar-refractivity contribution is -0.143. The SMILES string of the molecule is CCCCC(NC(=O)C(C)Oc1ccc2c3c(c(=O)oc2c1C)CCC3)C(=O)O. The normalized spacial score (nSPS) is 15.0. The number of unbranched alkanes of at least 4 members (excludes halogenated alkanes) is 1. The van der Waals surface area contributed by atoms with Crippen LogP contribution in [0.3, 0.4) is 0 Å². The number of carbonyl (C=O) groups is 2. The maximum atomic E-state index is 12.4.